The maximum atomic E-state index is 12.5. The third-order valence-electron chi connectivity index (χ3n) is 1.99. The largest absolute Gasteiger partial charge is 0.348 e. The van der Waals surface area contributed by atoms with Crippen LogP contribution >= 0.6 is 0 Å². The molecule has 0 aliphatic heterocycles. The second-order valence-corrected chi connectivity index (χ2v) is 3.12. The van der Waals surface area contributed by atoms with Crippen molar-refractivity contribution in [3.63, 3.8) is 0 Å². The number of aromatic amines is 1. The molecule has 2 heterocycles. The number of hydrogen-bond acceptors (Lipinski definition) is 4. The minimum Gasteiger partial charge on any atom is -0.348 e. The second kappa shape index (κ2) is 4.04. The van der Waals surface area contributed by atoms with E-state index in [9.17, 15) is 4.39 Å². The first-order chi connectivity index (χ1) is 7.25. The van der Waals surface area contributed by atoms with Crippen molar-refractivity contribution in [3.8, 4) is 0 Å². The fraction of sp³-hybridized carbons (Fsp3) is 0.222. The summed E-state index contributed by atoms with van der Waals surface area (Å²) >= 11 is 0. The molecule has 0 aromatic carbocycles. The van der Waals surface area contributed by atoms with Crippen LogP contribution in [0.15, 0.2) is 24.8 Å². The van der Waals surface area contributed by atoms with Gasteiger partial charge in [0.25, 0.3) is 0 Å². The lowest BCUT2D eigenvalue weighted by molar-refractivity contribution is 0.613. The Hall–Kier alpha value is -1.98. The zero-order chi connectivity index (χ0) is 10.7. The maximum Gasteiger partial charge on any atom is 0.223 e. The highest BCUT2D eigenvalue weighted by Gasteiger charge is 2.07. The van der Waals surface area contributed by atoms with E-state index in [2.05, 4.69) is 25.5 Å². The van der Waals surface area contributed by atoms with Gasteiger partial charge in [0.2, 0.25) is 5.95 Å². The van der Waals surface area contributed by atoms with Gasteiger partial charge in [-0.15, -0.1) is 0 Å². The molecule has 2 aromatic heterocycles. The summed E-state index contributed by atoms with van der Waals surface area (Å²) < 4.78 is 12.5. The van der Waals surface area contributed by atoms with Crippen molar-refractivity contribution in [2.24, 2.45) is 0 Å². The third-order valence-corrected chi connectivity index (χ3v) is 1.99. The van der Waals surface area contributed by atoms with Gasteiger partial charge in [-0.2, -0.15) is 5.10 Å². The zero-order valence-corrected chi connectivity index (χ0v) is 8.11. The highest BCUT2D eigenvalue weighted by Crippen LogP contribution is 2.14. The molecule has 78 valence electrons. The molecule has 0 spiro atoms. The van der Waals surface area contributed by atoms with Crippen LogP contribution in [0.5, 0.6) is 0 Å². The molecule has 0 aliphatic rings. The molecule has 0 fully saturated rings. The molecule has 2 rings (SSSR count). The number of halogens is 1. The lowest BCUT2D eigenvalue weighted by atomic mass is 10.2. The minimum atomic E-state index is -0.448. The Bertz CT molecular complexity index is 411. The predicted octanol–water partition coefficient (Wildman–Crippen LogP) is 1.51. The zero-order valence-electron chi connectivity index (χ0n) is 8.11. The number of anilines is 1. The monoisotopic (exact) mass is 207 g/mol. The van der Waals surface area contributed by atoms with Crippen molar-refractivity contribution in [2.75, 3.05) is 5.32 Å². The standard InChI is InChI=1S/C9H10FN5/c1-6(7-2-13-14-3-7)15-9-11-4-8(10)5-12-9/h2-6H,1H3,(H,13,14)(H,11,12,15). The first kappa shape index (κ1) is 9.57. The van der Waals surface area contributed by atoms with E-state index in [1.165, 1.54) is 0 Å². The van der Waals surface area contributed by atoms with E-state index in [1.54, 1.807) is 12.4 Å². The van der Waals surface area contributed by atoms with Crippen LogP contribution in [0.2, 0.25) is 0 Å². The maximum absolute atomic E-state index is 12.5. The smallest absolute Gasteiger partial charge is 0.223 e. The Kier molecular flexibility index (Phi) is 2.57. The number of rotatable bonds is 3. The molecule has 0 bridgehead atoms. The summed E-state index contributed by atoms with van der Waals surface area (Å²) in [5, 5.41) is 9.57. The van der Waals surface area contributed by atoms with Crippen molar-refractivity contribution < 1.29 is 4.39 Å². The van der Waals surface area contributed by atoms with Crippen LogP contribution in [-0.2, 0) is 0 Å². The average Bonchev–Trinajstić information content (AvgIpc) is 2.74. The molecule has 1 atom stereocenters. The van der Waals surface area contributed by atoms with Gasteiger partial charge >= 0.3 is 0 Å². The molecule has 0 radical (unpaired) electrons. The van der Waals surface area contributed by atoms with E-state index >= 15 is 0 Å². The van der Waals surface area contributed by atoms with Crippen LogP contribution in [-0.4, -0.2) is 20.2 Å². The third kappa shape index (κ3) is 2.28. The summed E-state index contributed by atoms with van der Waals surface area (Å²) in [6.45, 7) is 1.94. The molecule has 15 heavy (non-hydrogen) atoms. The highest BCUT2D eigenvalue weighted by atomic mass is 19.1. The van der Waals surface area contributed by atoms with Crippen molar-refractivity contribution in [2.45, 2.75) is 13.0 Å². The first-order valence-corrected chi connectivity index (χ1v) is 4.48. The fourth-order valence-electron chi connectivity index (χ4n) is 1.16. The van der Waals surface area contributed by atoms with E-state index < -0.39 is 5.82 Å². The van der Waals surface area contributed by atoms with Gasteiger partial charge in [0, 0.05) is 11.8 Å². The van der Waals surface area contributed by atoms with Gasteiger partial charge in [0.05, 0.1) is 24.6 Å². The molecule has 0 aliphatic carbocycles. The summed E-state index contributed by atoms with van der Waals surface area (Å²) in [6, 6.07) is 0.0224. The number of hydrogen-bond donors (Lipinski definition) is 2. The Morgan fingerprint density at radius 2 is 2.07 bits per heavy atom. The van der Waals surface area contributed by atoms with Crippen LogP contribution in [0.1, 0.15) is 18.5 Å². The number of nitrogens with one attached hydrogen (secondary N) is 2. The van der Waals surface area contributed by atoms with Crippen LogP contribution in [0.3, 0.4) is 0 Å². The molecule has 0 saturated carbocycles. The fourth-order valence-corrected chi connectivity index (χ4v) is 1.16. The van der Waals surface area contributed by atoms with E-state index in [-0.39, 0.29) is 6.04 Å². The molecule has 2 aromatic rings. The Balaban J connectivity index is 2.06. The lowest BCUT2D eigenvalue weighted by Crippen LogP contribution is -2.08. The summed E-state index contributed by atoms with van der Waals surface area (Å²) in [6.07, 6.45) is 5.73. The lowest BCUT2D eigenvalue weighted by Gasteiger charge is -2.10. The number of nitrogens with zero attached hydrogens (tertiary/aromatic N) is 3. The van der Waals surface area contributed by atoms with E-state index in [0.717, 1.165) is 18.0 Å². The predicted molar refractivity (Wildman–Crippen MR) is 52.6 cm³/mol. The van der Waals surface area contributed by atoms with Gasteiger partial charge < -0.3 is 5.32 Å². The number of H-pyrrole nitrogens is 1. The van der Waals surface area contributed by atoms with Crippen molar-refractivity contribution in [3.05, 3.63) is 36.2 Å². The second-order valence-electron chi connectivity index (χ2n) is 3.12. The van der Waals surface area contributed by atoms with Crippen LogP contribution in [0.25, 0.3) is 0 Å². The summed E-state index contributed by atoms with van der Waals surface area (Å²) in [7, 11) is 0. The highest BCUT2D eigenvalue weighted by molar-refractivity contribution is 5.28. The summed E-state index contributed by atoms with van der Waals surface area (Å²) in [4.78, 5) is 7.60. The van der Waals surface area contributed by atoms with E-state index in [1.807, 2.05) is 6.92 Å². The van der Waals surface area contributed by atoms with Crippen LogP contribution in [0, 0.1) is 5.82 Å². The summed E-state index contributed by atoms with van der Waals surface area (Å²) in [5.41, 5.74) is 0.989. The average molecular weight is 207 g/mol. The quantitative estimate of drug-likeness (QED) is 0.800. The summed E-state index contributed by atoms with van der Waals surface area (Å²) in [5.74, 6) is -0.0541. The number of aromatic nitrogens is 4. The van der Waals surface area contributed by atoms with E-state index in [0.29, 0.717) is 5.95 Å². The van der Waals surface area contributed by atoms with Crippen molar-refractivity contribution >= 4 is 5.95 Å². The molecule has 6 heteroatoms. The van der Waals surface area contributed by atoms with E-state index in [4.69, 9.17) is 0 Å². The van der Waals surface area contributed by atoms with Crippen LogP contribution in [0.4, 0.5) is 10.3 Å². The molecule has 0 saturated heterocycles. The van der Waals surface area contributed by atoms with Gasteiger partial charge in [-0.25, -0.2) is 14.4 Å². The molecule has 1 unspecified atom stereocenters. The molecule has 0 amide bonds. The normalized spacial score (nSPS) is 12.4. The van der Waals surface area contributed by atoms with Crippen molar-refractivity contribution in [1.29, 1.82) is 0 Å². The topological polar surface area (TPSA) is 66.5 Å². The Labute approximate surface area is 85.8 Å². The van der Waals surface area contributed by atoms with Gasteiger partial charge in [-0.1, -0.05) is 0 Å². The van der Waals surface area contributed by atoms with Gasteiger partial charge in [0.1, 0.15) is 0 Å². The van der Waals surface area contributed by atoms with Gasteiger partial charge in [-0.05, 0) is 6.92 Å². The van der Waals surface area contributed by atoms with Crippen molar-refractivity contribution in [1.82, 2.24) is 20.2 Å². The van der Waals surface area contributed by atoms with Crippen LogP contribution < -0.4 is 5.32 Å². The minimum absolute atomic E-state index is 0.0224. The molecule has 5 nitrogen and oxygen atoms in total. The van der Waals surface area contributed by atoms with Gasteiger partial charge in [-0.3, -0.25) is 5.10 Å². The Morgan fingerprint density at radius 3 is 2.67 bits per heavy atom. The molecular formula is C9H10FN5. The molecule has 2 N–H and O–H groups in total. The Morgan fingerprint density at radius 1 is 1.33 bits per heavy atom. The first-order valence-electron chi connectivity index (χ1n) is 4.48. The van der Waals surface area contributed by atoms with Gasteiger partial charge in [0.15, 0.2) is 5.82 Å². The molecular weight excluding hydrogens is 197 g/mol. The SMILES string of the molecule is CC(Nc1ncc(F)cn1)c1cn[nH]c1.